The summed E-state index contributed by atoms with van der Waals surface area (Å²) in [6, 6.07) is 19.3. The molecule has 6 nitrogen and oxygen atoms in total. The number of aromatic nitrogens is 3. The Hall–Kier alpha value is -4.59. The van der Waals surface area contributed by atoms with Crippen LogP contribution in [0.2, 0.25) is 0 Å². The molecule has 0 bridgehead atoms. The van der Waals surface area contributed by atoms with Crippen molar-refractivity contribution in [3.63, 3.8) is 0 Å². The number of carbonyl (C=O) groups excluding carboxylic acids is 1. The zero-order valence-electron chi connectivity index (χ0n) is 18.1. The SMILES string of the molecule is Cc1ccc(C(=O)Nc2ccc(-c3ccc4c(N)n[nH]c4c3)c(F)c2)c[n+]1-c1ccc(F)cc1. The van der Waals surface area contributed by atoms with Crippen LogP contribution in [0.5, 0.6) is 0 Å². The van der Waals surface area contributed by atoms with Gasteiger partial charge in [0.15, 0.2) is 17.7 Å². The molecule has 5 rings (SSSR count). The van der Waals surface area contributed by atoms with Crippen molar-refractivity contribution in [2.24, 2.45) is 0 Å². The van der Waals surface area contributed by atoms with Crippen molar-refractivity contribution in [3.05, 3.63) is 102 Å². The smallest absolute Gasteiger partial charge is 0.261 e. The lowest BCUT2D eigenvalue weighted by molar-refractivity contribution is -0.602. The topological polar surface area (TPSA) is 87.7 Å². The zero-order chi connectivity index (χ0) is 23.8. The average molecular weight is 456 g/mol. The number of rotatable bonds is 4. The average Bonchev–Trinajstić information content (AvgIpc) is 3.20. The lowest BCUT2D eigenvalue weighted by atomic mass is 10.0. The highest BCUT2D eigenvalue weighted by molar-refractivity contribution is 6.04. The number of pyridine rings is 1. The second-order valence-electron chi connectivity index (χ2n) is 7.92. The van der Waals surface area contributed by atoms with Gasteiger partial charge < -0.3 is 11.1 Å². The largest absolute Gasteiger partial charge is 0.382 e. The van der Waals surface area contributed by atoms with E-state index in [1.165, 1.54) is 18.2 Å². The van der Waals surface area contributed by atoms with Gasteiger partial charge in [0.1, 0.15) is 17.2 Å². The van der Waals surface area contributed by atoms with Gasteiger partial charge >= 0.3 is 0 Å². The maximum Gasteiger partial charge on any atom is 0.261 e. The third-order valence-corrected chi connectivity index (χ3v) is 5.65. The van der Waals surface area contributed by atoms with Gasteiger partial charge in [-0.2, -0.15) is 9.67 Å². The Balaban J connectivity index is 1.39. The highest BCUT2D eigenvalue weighted by atomic mass is 19.1. The van der Waals surface area contributed by atoms with E-state index in [2.05, 4.69) is 15.5 Å². The Morgan fingerprint density at radius 3 is 2.56 bits per heavy atom. The molecule has 0 saturated carbocycles. The Kier molecular flexibility index (Phi) is 5.25. The summed E-state index contributed by atoms with van der Waals surface area (Å²) in [5.74, 6) is -0.820. The van der Waals surface area contributed by atoms with Gasteiger partial charge in [-0.1, -0.05) is 6.07 Å². The molecule has 0 radical (unpaired) electrons. The van der Waals surface area contributed by atoms with Gasteiger partial charge in [-0.25, -0.2) is 8.78 Å². The number of carbonyl (C=O) groups is 1. The van der Waals surface area contributed by atoms with Crippen molar-refractivity contribution in [1.82, 2.24) is 10.2 Å². The van der Waals surface area contributed by atoms with Crippen molar-refractivity contribution in [3.8, 4) is 16.8 Å². The van der Waals surface area contributed by atoms with Crippen LogP contribution in [0.4, 0.5) is 20.3 Å². The number of halogens is 2. The molecule has 0 fully saturated rings. The van der Waals surface area contributed by atoms with Crippen LogP contribution in [0.25, 0.3) is 27.7 Å². The second kappa shape index (κ2) is 8.40. The van der Waals surface area contributed by atoms with E-state index in [0.717, 1.165) is 16.8 Å². The quantitative estimate of drug-likeness (QED) is 0.335. The molecule has 5 aromatic rings. The van der Waals surface area contributed by atoms with Crippen LogP contribution in [0.15, 0.2) is 79.0 Å². The molecular weight excluding hydrogens is 436 g/mol. The molecule has 8 heteroatoms. The predicted molar refractivity (Wildman–Crippen MR) is 127 cm³/mol. The third kappa shape index (κ3) is 3.97. The van der Waals surface area contributed by atoms with Crippen LogP contribution in [0, 0.1) is 18.6 Å². The van der Waals surface area contributed by atoms with E-state index in [-0.39, 0.29) is 5.82 Å². The van der Waals surface area contributed by atoms with Crippen molar-refractivity contribution < 1.29 is 18.1 Å². The number of hydrogen-bond donors (Lipinski definition) is 3. The fraction of sp³-hybridized carbons (Fsp3) is 0.0385. The van der Waals surface area contributed by atoms with E-state index in [1.807, 2.05) is 6.92 Å². The van der Waals surface area contributed by atoms with Gasteiger partial charge in [-0.15, -0.1) is 0 Å². The van der Waals surface area contributed by atoms with Crippen molar-refractivity contribution >= 4 is 28.3 Å². The van der Waals surface area contributed by atoms with Gasteiger partial charge in [0.05, 0.1) is 5.52 Å². The molecular formula is C26H20F2N5O+. The lowest BCUT2D eigenvalue weighted by Gasteiger charge is -2.09. The van der Waals surface area contributed by atoms with E-state index >= 15 is 0 Å². The molecule has 0 aliphatic carbocycles. The monoisotopic (exact) mass is 456 g/mol. The zero-order valence-corrected chi connectivity index (χ0v) is 18.1. The maximum atomic E-state index is 14.9. The number of nitrogens with zero attached hydrogens (tertiary/aromatic N) is 2. The van der Waals surface area contributed by atoms with E-state index in [1.54, 1.807) is 65.4 Å². The molecule has 0 aliphatic rings. The molecule has 4 N–H and O–H groups in total. The summed E-state index contributed by atoms with van der Waals surface area (Å²) >= 11 is 0. The third-order valence-electron chi connectivity index (χ3n) is 5.65. The minimum Gasteiger partial charge on any atom is -0.382 e. The molecule has 34 heavy (non-hydrogen) atoms. The number of anilines is 2. The Labute approximate surface area is 193 Å². The van der Waals surface area contributed by atoms with Crippen LogP contribution in [-0.4, -0.2) is 16.1 Å². The molecule has 0 spiro atoms. The molecule has 3 aromatic carbocycles. The first-order chi connectivity index (χ1) is 16.4. The maximum absolute atomic E-state index is 14.9. The molecule has 0 saturated heterocycles. The van der Waals surface area contributed by atoms with E-state index in [4.69, 9.17) is 5.73 Å². The molecule has 2 aromatic heterocycles. The summed E-state index contributed by atoms with van der Waals surface area (Å²) in [7, 11) is 0. The minimum atomic E-state index is -0.477. The number of nitrogens with two attached hydrogens (primary N) is 1. The standard InChI is InChI=1S/C26H19F2N5O/c1-15-2-3-17(14-33(15)20-8-5-18(27)6-9-20)26(34)30-19-7-11-21(23(28)13-19)16-4-10-22-24(12-16)31-32-25(22)29/h2-14H,1H3,(H3-,29,30,31,32,34)/p+1. The van der Waals surface area contributed by atoms with Gasteiger partial charge in [0.2, 0.25) is 5.69 Å². The molecule has 168 valence electrons. The number of nitrogen functional groups attached to an aromatic ring is 1. The number of fused-ring (bicyclic) bond motifs is 1. The fourth-order valence-corrected chi connectivity index (χ4v) is 3.83. The van der Waals surface area contributed by atoms with Crippen LogP contribution in [0.3, 0.4) is 0 Å². The lowest BCUT2D eigenvalue weighted by Crippen LogP contribution is -2.35. The summed E-state index contributed by atoms with van der Waals surface area (Å²) < 4.78 is 30.0. The molecule has 0 unspecified atom stereocenters. The van der Waals surface area contributed by atoms with Crippen LogP contribution >= 0.6 is 0 Å². The van der Waals surface area contributed by atoms with Crippen LogP contribution in [-0.2, 0) is 0 Å². The fourth-order valence-electron chi connectivity index (χ4n) is 3.83. The summed E-state index contributed by atoms with van der Waals surface area (Å²) in [5, 5.41) is 10.3. The van der Waals surface area contributed by atoms with Gasteiger partial charge in [-0.05, 0) is 54.1 Å². The van der Waals surface area contributed by atoms with E-state index in [0.29, 0.717) is 33.7 Å². The summed E-state index contributed by atoms with van der Waals surface area (Å²) in [5.41, 5.74) is 9.84. The first kappa shape index (κ1) is 21.3. The normalized spacial score (nSPS) is 11.0. The summed E-state index contributed by atoms with van der Waals surface area (Å²) in [4.78, 5) is 12.8. The number of H-pyrrole nitrogens is 1. The Morgan fingerprint density at radius 2 is 1.79 bits per heavy atom. The van der Waals surface area contributed by atoms with Gasteiger partial charge in [0, 0.05) is 41.8 Å². The summed E-state index contributed by atoms with van der Waals surface area (Å²) in [6.07, 6.45) is 1.66. The van der Waals surface area contributed by atoms with Crippen LogP contribution < -0.4 is 15.6 Å². The highest BCUT2D eigenvalue weighted by Crippen LogP contribution is 2.29. The van der Waals surface area contributed by atoms with E-state index in [9.17, 15) is 13.6 Å². The number of aromatic amines is 1. The molecule has 2 heterocycles. The minimum absolute atomic E-state index is 0.326. The first-order valence-corrected chi connectivity index (χ1v) is 10.5. The number of aryl methyl sites for hydroxylation is 1. The highest BCUT2D eigenvalue weighted by Gasteiger charge is 2.17. The second-order valence-corrected chi connectivity index (χ2v) is 7.92. The Bertz CT molecular complexity index is 1540. The molecule has 0 aliphatic heterocycles. The Morgan fingerprint density at radius 1 is 1.00 bits per heavy atom. The first-order valence-electron chi connectivity index (χ1n) is 10.5. The van der Waals surface area contributed by atoms with Crippen molar-refractivity contribution in [1.29, 1.82) is 0 Å². The summed E-state index contributed by atoms with van der Waals surface area (Å²) in [6.45, 7) is 1.88. The van der Waals surface area contributed by atoms with Crippen LogP contribution in [0.1, 0.15) is 16.1 Å². The predicted octanol–water partition coefficient (Wildman–Crippen LogP) is 4.93. The number of hydrogen-bond acceptors (Lipinski definition) is 3. The van der Waals surface area contributed by atoms with Gasteiger partial charge in [-0.3, -0.25) is 9.89 Å². The number of nitrogens with one attached hydrogen (secondary N) is 2. The molecule has 0 atom stereocenters. The van der Waals surface area contributed by atoms with Crippen molar-refractivity contribution in [2.75, 3.05) is 11.1 Å². The number of benzene rings is 3. The number of amides is 1. The molecule has 1 amide bonds. The van der Waals surface area contributed by atoms with Gasteiger partial charge in [0.25, 0.3) is 5.91 Å². The van der Waals surface area contributed by atoms with E-state index < -0.39 is 11.7 Å². The van der Waals surface area contributed by atoms with Crippen molar-refractivity contribution in [2.45, 2.75) is 6.92 Å².